The van der Waals surface area contributed by atoms with Crippen molar-refractivity contribution in [2.24, 2.45) is 10.7 Å². The summed E-state index contributed by atoms with van der Waals surface area (Å²) in [6.07, 6.45) is 0. The first kappa shape index (κ1) is 14.4. The third kappa shape index (κ3) is 4.65. The van der Waals surface area contributed by atoms with Crippen molar-refractivity contribution in [1.29, 1.82) is 0 Å². The topological polar surface area (TPSA) is 50.9 Å². The summed E-state index contributed by atoms with van der Waals surface area (Å²) in [5.41, 5.74) is 6.98. The molecule has 100 valence electrons. The molecule has 0 saturated carbocycles. The van der Waals surface area contributed by atoms with Crippen molar-refractivity contribution < 1.29 is 4.74 Å². The summed E-state index contributed by atoms with van der Waals surface area (Å²) in [5, 5.41) is 0. The Morgan fingerprint density at radius 3 is 2.28 bits per heavy atom. The van der Waals surface area contributed by atoms with Gasteiger partial charge in [0.25, 0.3) is 0 Å². The van der Waals surface area contributed by atoms with Crippen LogP contribution in [-0.2, 0) is 6.54 Å². The number of nitrogens with zero attached hydrogens (tertiary/aromatic N) is 2. The minimum atomic E-state index is -0.155. The highest BCUT2D eigenvalue weighted by Crippen LogP contribution is 2.13. The number of methoxy groups -OCH3 is 1. The molecule has 1 aromatic rings. The summed E-state index contributed by atoms with van der Waals surface area (Å²) >= 11 is 0. The molecular formula is C14H23N3O. The van der Waals surface area contributed by atoms with E-state index in [9.17, 15) is 0 Å². The van der Waals surface area contributed by atoms with Gasteiger partial charge in [0.15, 0.2) is 5.96 Å². The van der Waals surface area contributed by atoms with Crippen LogP contribution < -0.4 is 10.5 Å². The third-order valence-corrected chi connectivity index (χ3v) is 2.42. The number of nitrogens with two attached hydrogens (primary N) is 1. The molecule has 0 saturated heterocycles. The molecule has 1 rings (SSSR count). The van der Waals surface area contributed by atoms with E-state index in [1.54, 1.807) is 7.11 Å². The van der Waals surface area contributed by atoms with Crippen molar-refractivity contribution in [3.8, 4) is 5.75 Å². The molecule has 4 nitrogen and oxygen atoms in total. The van der Waals surface area contributed by atoms with Crippen molar-refractivity contribution in [2.75, 3.05) is 14.2 Å². The van der Waals surface area contributed by atoms with Gasteiger partial charge in [0.2, 0.25) is 0 Å². The quantitative estimate of drug-likeness (QED) is 0.660. The van der Waals surface area contributed by atoms with Gasteiger partial charge in [0.1, 0.15) is 5.75 Å². The van der Waals surface area contributed by atoms with Gasteiger partial charge >= 0.3 is 0 Å². The number of hydrogen-bond acceptors (Lipinski definition) is 2. The summed E-state index contributed by atoms with van der Waals surface area (Å²) in [4.78, 5) is 6.37. The molecule has 2 N–H and O–H groups in total. The van der Waals surface area contributed by atoms with Crippen molar-refractivity contribution in [3.63, 3.8) is 0 Å². The molecule has 0 atom stereocenters. The van der Waals surface area contributed by atoms with Crippen LogP contribution in [0.1, 0.15) is 26.3 Å². The second-order valence-corrected chi connectivity index (χ2v) is 5.34. The van der Waals surface area contributed by atoms with E-state index in [0.29, 0.717) is 5.96 Å². The molecule has 0 unspecified atom stereocenters. The van der Waals surface area contributed by atoms with Gasteiger partial charge in [-0.05, 0) is 38.5 Å². The highest BCUT2D eigenvalue weighted by molar-refractivity contribution is 5.78. The molecule has 0 aliphatic heterocycles. The molecule has 0 fully saturated rings. The lowest BCUT2D eigenvalue weighted by Crippen LogP contribution is -2.35. The highest BCUT2D eigenvalue weighted by Gasteiger charge is 2.11. The Morgan fingerprint density at radius 2 is 1.83 bits per heavy atom. The molecule has 1 aromatic carbocycles. The van der Waals surface area contributed by atoms with Crippen LogP contribution in [0.2, 0.25) is 0 Å². The van der Waals surface area contributed by atoms with Crippen LogP contribution >= 0.6 is 0 Å². The summed E-state index contributed by atoms with van der Waals surface area (Å²) in [5.74, 6) is 1.41. The Bertz CT molecular complexity index is 404. The average molecular weight is 249 g/mol. The van der Waals surface area contributed by atoms with E-state index in [0.717, 1.165) is 12.3 Å². The highest BCUT2D eigenvalue weighted by atomic mass is 16.5. The van der Waals surface area contributed by atoms with Crippen LogP contribution in [-0.4, -0.2) is 30.6 Å². The molecule has 18 heavy (non-hydrogen) atoms. The molecule has 0 bridgehead atoms. The first-order valence-corrected chi connectivity index (χ1v) is 6.01. The third-order valence-electron chi connectivity index (χ3n) is 2.42. The first-order chi connectivity index (χ1) is 8.31. The first-order valence-electron chi connectivity index (χ1n) is 6.01. The molecule has 0 amide bonds. The van der Waals surface area contributed by atoms with Gasteiger partial charge in [0.05, 0.1) is 12.6 Å². The average Bonchev–Trinajstić information content (AvgIpc) is 2.27. The number of hydrogen-bond donors (Lipinski definition) is 1. The van der Waals surface area contributed by atoms with E-state index in [2.05, 4.69) is 4.99 Å². The zero-order valence-electron chi connectivity index (χ0n) is 11.9. The smallest absolute Gasteiger partial charge is 0.191 e. The van der Waals surface area contributed by atoms with Gasteiger partial charge in [-0.1, -0.05) is 12.1 Å². The van der Waals surface area contributed by atoms with Crippen molar-refractivity contribution in [2.45, 2.75) is 32.9 Å². The van der Waals surface area contributed by atoms with E-state index >= 15 is 0 Å². The summed E-state index contributed by atoms with van der Waals surface area (Å²) in [6.45, 7) is 6.82. The lowest BCUT2D eigenvalue weighted by molar-refractivity contribution is 0.414. The Morgan fingerprint density at radius 1 is 1.28 bits per heavy atom. The molecule has 0 aliphatic carbocycles. The molecule has 4 heteroatoms. The largest absolute Gasteiger partial charge is 0.497 e. The van der Waals surface area contributed by atoms with E-state index in [1.165, 1.54) is 5.56 Å². The van der Waals surface area contributed by atoms with Gasteiger partial charge in [-0.3, -0.25) is 0 Å². The lowest BCUT2D eigenvalue weighted by Gasteiger charge is -2.22. The zero-order valence-corrected chi connectivity index (χ0v) is 11.9. The molecular weight excluding hydrogens is 226 g/mol. The van der Waals surface area contributed by atoms with Crippen LogP contribution in [0.4, 0.5) is 0 Å². The van der Waals surface area contributed by atoms with Crippen LogP contribution in [0.5, 0.6) is 5.75 Å². The van der Waals surface area contributed by atoms with Gasteiger partial charge < -0.3 is 15.4 Å². The summed E-state index contributed by atoms with van der Waals surface area (Å²) in [7, 11) is 3.60. The minimum absolute atomic E-state index is 0.155. The second-order valence-electron chi connectivity index (χ2n) is 5.34. The Kier molecular flexibility index (Phi) is 4.59. The number of ether oxygens (including phenoxy) is 1. The standard InChI is InChI=1S/C14H23N3O/c1-14(2,3)16-13(15)17(4)10-11-6-8-12(18-5)9-7-11/h6-9H,10H2,1-5H3,(H2,15,16). The molecule has 0 radical (unpaired) electrons. The van der Waals surface area contributed by atoms with Crippen molar-refractivity contribution in [1.82, 2.24) is 4.90 Å². The SMILES string of the molecule is COc1ccc(CN(C)C(N)=NC(C)(C)C)cc1. The Balaban J connectivity index is 2.69. The van der Waals surface area contributed by atoms with Gasteiger partial charge in [-0.15, -0.1) is 0 Å². The lowest BCUT2D eigenvalue weighted by atomic mass is 10.1. The monoisotopic (exact) mass is 249 g/mol. The number of benzene rings is 1. The van der Waals surface area contributed by atoms with Gasteiger partial charge in [-0.2, -0.15) is 0 Å². The fraction of sp³-hybridized carbons (Fsp3) is 0.500. The molecule has 0 heterocycles. The maximum atomic E-state index is 5.96. The molecule has 0 aromatic heterocycles. The fourth-order valence-electron chi connectivity index (χ4n) is 1.51. The summed E-state index contributed by atoms with van der Waals surface area (Å²) in [6, 6.07) is 7.94. The second kappa shape index (κ2) is 5.76. The van der Waals surface area contributed by atoms with E-state index < -0.39 is 0 Å². The number of rotatable bonds is 3. The van der Waals surface area contributed by atoms with Crippen LogP contribution in [0.25, 0.3) is 0 Å². The fourth-order valence-corrected chi connectivity index (χ4v) is 1.51. The van der Waals surface area contributed by atoms with Gasteiger partial charge in [-0.25, -0.2) is 4.99 Å². The van der Waals surface area contributed by atoms with Gasteiger partial charge in [0, 0.05) is 13.6 Å². The van der Waals surface area contributed by atoms with E-state index in [-0.39, 0.29) is 5.54 Å². The number of guanidine groups is 1. The van der Waals surface area contributed by atoms with Crippen molar-refractivity contribution in [3.05, 3.63) is 29.8 Å². The maximum Gasteiger partial charge on any atom is 0.191 e. The Hall–Kier alpha value is -1.71. The predicted molar refractivity (Wildman–Crippen MR) is 75.8 cm³/mol. The Labute approximate surface area is 109 Å². The zero-order chi connectivity index (χ0) is 13.8. The van der Waals surface area contributed by atoms with E-state index in [4.69, 9.17) is 10.5 Å². The summed E-state index contributed by atoms with van der Waals surface area (Å²) < 4.78 is 5.13. The number of aliphatic imine (C=N–C) groups is 1. The van der Waals surface area contributed by atoms with Crippen LogP contribution in [0.15, 0.2) is 29.3 Å². The predicted octanol–water partition coefficient (Wildman–Crippen LogP) is 2.24. The van der Waals surface area contributed by atoms with E-state index in [1.807, 2.05) is 57.0 Å². The van der Waals surface area contributed by atoms with Crippen LogP contribution in [0.3, 0.4) is 0 Å². The van der Waals surface area contributed by atoms with Crippen molar-refractivity contribution >= 4 is 5.96 Å². The maximum absolute atomic E-state index is 5.96. The minimum Gasteiger partial charge on any atom is -0.497 e. The molecule has 0 aliphatic rings. The normalized spacial score (nSPS) is 12.4. The molecule has 0 spiro atoms. The van der Waals surface area contributed by atoms with Crippen LogP contribution in [0, 0.1) is 0 Å².